The maximum atomic E-state index is 14.1. The minimum absolute atomic E-state index is 0.258. The molecule has 2 aromatic rings. The van der Waals surface area contributed by atoms with Crippen molar-refractivity contribution >= 4 is 15.9 Å². The number of aryl methyl sites for hydroxylation is 2. The molecule has 0 spiro atoms. The standard InChI is InChI=1S/C17H18BrFO2/c1-9-5-6-14(19)12(7-9)16(20)15-11(3)13(18)8-10(2)17(15)21-4/h5-8,16,20H,1-4H3. The molecule has 0 saturated heterocycles. The maximum absolute atomic E-state index is 14.1. The largest absolute Gasteiger partial charge is 0.496 e. The van der Waals surface area contributed by atoms with E-state index in [1.165, 1.54) is 6.07 Å². The molecule has 1 N–H and O–H groups in total. The van der Waals surface area contributed by atoms with E-state index in [4.69, 9.17) is 4.74 Å². The molecular formula is C17H18BrFO2. The quantitative estimate of drug-likeness (QED) is 0.874. The highest BCUT2D eigenvalue weighted by atomic mass is 79.9. The fourth-order valence-electron chi connectivity index (χ4n) is 2.50. The number of methoxy groups -OCH3 is 1. The van der Waals surface area contributed by atoms with Crippen LogP contribution in [0.25, 0.3) is 0 Å². The third-order valence-corrected chi connectivity index (χ3v) is 4.46. The van der Waals surface area contributed by atoms with Crippen molar-refractivity contribution in [3.05, 3.63) is 62.4 Å². The number of ether oxygens (including phenoxy) is 1. The summed E-state index contributed by atoms with van der Waals surface area (Å²) in [5, 5.41) is 10.7. The van der Waals surface area contributed by atoms with Gasteiger partial charge in [-0.25, -0.2) is 4.39 Å². The second-order valence-corrected chi connectivity index (χ2v) is 6.03. The molecule has 0 radical (unpaired) electrons. The average Bonchev–Trinajstić information content (AvgIpc) is 2.44. The number of hydrogen-bond donors (Lipinski definition) is 1. The van der Waals surface area contributed by atoms with Crippen LogP contribution >= 0.6 is 15.9 Å². The van der Waals surface area contributed by atoms with Crippen LogP contribution in [-0.2, 0) is 0 Å². The van der Waals surface area contributed by atoms with Crippen molar-refractivity contribution in [2.45, 2.75) is 26.9 Å². The maximum Gasteiger partial charge on any atom is 0.129 e. The Morgan fingerprint density at radius 3 is 2.48 bits per heavy atom. The molecule has 0 fully saturated rings. The summed E-state index contributed by atoms with van der Waals surface area (Å²) >= 11 is 3.47. The topological polar surface area (TPSA) is 29.5 Å². The van der Waals surface area contributed by atoms with Crippen molar-refractivity contribution in [1.82, 2.24) is 0 Å². The minimum Gasteiger partial charge on any atom is -0.496 e. The van der Waals surface area contributed by atoms with Gasteiger partial charge in [0.2, 0.25) is 0 Å². The number of halogens is 2. The van der Waals surface area contributed by atoms with Gasteiger partial charge >= 0.3 is 0 Å². The van der Waals surface area contributed by atoms with E-state index in [-0.39, 0.29) is 5.56 Å². The molecular weight excluding hydrogens is 335 g/mol. The molecule has 0 saturated carbocycles. The van der Waals surface area contributed by atoms with E-state index < -0.39 is 11.9 Å². The SMILES string of the molecule is COc1c(C)cc(Br)c(C)c1C(O)c1cc(C)ccc1F. The molecule has 0 heterocycles. The summed E-state index contributed by atoms with van der Waals surface area (Å²) in [5.41, 5.74) is 3.47. The van der Waals surface area contributed by atoms with Crippen molar-refractivity contribution in [2.75, 3.05) is 7.11 Å². The first kappa shape index (κ1) is 16.0. The van der Waals surface area contributed by atoms with Gasteiger partial charge in [-0.1, -0.05) is 33.6 Å². The average molecular weight is 353 g/mol. The number of rotatable bonds is 3. The molecule has 2 aromatic carbocycles. The zero-order chi connectivity index (χ0) is 15.7. The molecule has 0 aliphatic heterocycles. The van der Waals surface area contributed by atoms with Gasteiger partial charge in [0.25, 0.3) is 0 Å². The van der Waals surface area contributed by atoms with Crippen LogP contribution < -0.4 is 4.74 Å². The van der Waals surface area contributed by atoms with Crippen LogP contribution in [0.15, 0.2) is 28.7 Å². The lowest BCUT2D eigenvalue weighted by Gasteiger charge is -2.21. The van der Waals surface area contributed by atoms with Gasteiger partial charge in [-0.15, -0.1) is 0 Å². The predicted molar refractivity (Wildman–Crippen MR) is 85.4 cm³/mol. The van der Waals surface area contributed by atoms with Crippen molar-refractivity contribution in [1.29, 1.82) is 0 Å². The van der Waals surface area contributed by atoms with E-state index in [2.05, 4.69) is 15.9 Å². The van der Waals surface area contributed by atoms with Crippen LogP contribution in [-0.4, -0.2) is 12.2 Å². The Balaban J connectivity index is 2.68. The van der Waals surface area contributed by atoms with Gasteiger partial charge in [0.15, 0.2) is 0 Å². The first-order valence-electron chi connectivity index (χ1n) is 6.64. The summed E-state index contributed by atoms with van der Waals surface area (Å²) in [7, 11) is 1.55. The first-order valence-corrected chi connectivity index (χ1v) is 7.43. The number of hydrogen-bond acceptors (Lipinski definition) is 2. The summed E-state index contributed by atoms with van der Waals surface area (Å²) in [5.74, 6) is 0.163. The van der Waals surface area contributed by atoms with Crippen LogP contribution in [0.2, 0.25) is 0 Å². The Morgan fingerprint density at radius 1 is 1.19 bits per heavy atom. The predicted octanol–water partition coefficient (Wildman–Crippen LogP) is 4.60. The van der Waals surface area contributed by atoms with Crippen LogP contribution in [0.5, 0.6) is 5.75 Å². The van der Waals surface area contributed by atoms with E-state index in [0.717, 1.165) is 21.2 Å². The summed E-state index contributed by atoms with van der Waals surface area (Å²) in [4.78, 5) is 0. The van der Waals surface area contributed by atoms with Crippen molar-refractivity contribution < 1.29 is 14.2 Å². The highest BCUT2D eigenvalue weighted by Gasteiger charge is 2.23. The van der Waals surface area contributed by atoms with Gasteiger partial charge in [-0.05, 0) is 44.0 Å². The molecule has 2 nitrogen and oxygen atoms in total. The van der Waals surface area contributed by atoms with Crippen LogP contribution in [0, 0.1) is 26.6 Å². The zero-order valence-electron chi connectivity index (χ0n) is 12.5. The normalized spacial score (nSPS) is 12.3. The molecule has 112 valence electrons. The lowest BCUT2D eigenvalue weighted by atomic mass is 9.93. The number of aliphatic hydroxyl groups is 1. The third-order valence-electron chi connectivity index (χ3n) is 3.63. The molecule has 0 aliphatic rings. The van der Waals surface area contributed by atoms with Gasteiger partial charge in [-0.2, -0.15) is 0 Å². The van der Waals surface area contributed by atoms with Gasteiger partial charge in [0.05, 0.1) is 7.11 Å². The summed E-state index contributed by atoms with van der Waals surface area (Å²) in [6.45, 7) is 5.63. The Bertz CT molecular complexity index is 683. The highest BCUT2D eigenvalue weighted by molar-refractivity contribution is 9.10. The Hall–Kier alpha value is -1.39. The van der Waals surface area contributed by atoms with Gasteiger partial charge < -0.3 is 9.84 Å². The summed E-state index contributed by atoms with van der Waals surface area (Å²) in [6, 6.07) is 6.65. The van der Waals surface area contributed by atoms with Crippen molar-refractivity contribution in [2.24, 2.45) is 0 Å². The number of aliphatic hydroxyl groups excluding tert-OH is 1. The second kappa shape index (κ2) is 6.16. The Labute approximate surface area is 132 Å². The van der Waals surface area contributed by atoms with E-state index in [1.54, 1.807) is 19.2 Å². The molecule has 0 amide bonds. The van der Waals surface area contributed by atoms with Crippen LogP contribution in [0.1, 0.15) is 33.9 Å². The molecule has 2 rings (SSSR count). The molecule has 21 heavy (non-hydrogen) atoms. The molecule has 0 aromatic heterocycles. The van der Waals surface area contributed by atoms with E-state index in [1.807, 2.05) is 26.8 Å². The van der Waals surface area contributed by atoms with E-state index in [0.29, 0.717) is 11.3 Å². The smallest absolute Gasteiger partial charge is 0.129 e. The fourth-order valence-corrected chi connectivity index (χ4v) is 3.06. The lowest BCUT2D eigenvalue weighted by Crippen LogP contribution is -2.09. The zero-order valence-corrected chi connectivity index (χ0v) is 14.1. The van der Waals surface area contributed by atoms with Gasteiger partial charge in [0, 0.05) is 15.6 Å². The monoisotopic (exact) mass is 352 g/mol. The summed E-state index contributed by atoms with van der Waals surface area (Å²) < 4.78 is 20.3. The minimum atomic E-state index is -1.07. The molecule has 0 bridgehead atoms. The van der Waals surface area contributed by atoms with Crippen LogP contribution in [0.3, 0.4) is 0 Å². The van der Waals surface area contributed by atoms with Gasteiger partial charge in [-0.3, -0.25) is 0 Å². The summed E-state index contributed by atoms with van der Waals surface area (Å²) in [6.07, 6.45) is -1.07. The number of benzene rings is 2. The second-order valence-electron chi connectivity index (χ2n) is 5.17. The highest BCUT2D eigenvalue weighted by Crippen LogP contribution is 2.39. The molecule has 1 unspecified atom stereocenters. The Kier molecular flexibility index (Phi) is 4.69. The van der Waals surface area contributed by atoms with Crippen LogP contribution in [0.4, 0.5) is 4.39 Å². The van der Waals surface area contributed by atoms with E-state index >= 15 is 0 Å². The van der Waals surface area contributed by atoms with E-state index in [9.17, 15) is 9.50 Å². The Morgan fingerprint density at radius 2 is 1.86 bits per heavy atom. The molecule has 1 atom stereocenters. The van der Waals surface area contributed by atoms with Crippen molar-refractivity contribution in [3.63, 3.8) is 0 Å². The third kappa shape index (κ3) is 2.97. The van der Waals surface area contributed by atoms with Gasteiger partial charge in [0.1, 0.15) is 17.7 Å². The lowest BCUT2D eigenvalue weighted by molar-refractivity contribution is 0.208. The molecule has 4 heteroatoms. The van der Waals surface area contributed by atoms with Crippen molar-refractivity contribution in [3.8, 4) is 5.75 Å². The molecule has 0 aliphatic carbocycles. The fraction of sp³-hybridized carbons (Fsp3) is 0.294. The first-order chi connectivity index (χ1) is 9.86.